The summed E-state index contributed by atoms with van der Waals surface area (Å²) in [4.78, 5) is 5.64. The van der Waals surface area contributed by atoms with E-state index in [1.807, 2.05) is 36.5 Å². The molecule has 118 valence electrons. The molecule has 2 nitrogen and oxygen atoms in total. The molecule has 1 aromatic heterocycles. The van der Waals surface area contributed by atoms with Crippen molar-refractivity contribution in [1.82, 2.24) is 10.3 Å². The molecule has 0 atom stereocenters. The van der Waals surface area contributed by atoms with Gasteiger partial charge in [0.15, 0.2) is 0 Å². The Balaban J connectivity index is 1.60. The number of nitrogens with zero attached hydrogens (tertiary/aromatic N) is 1. The number of aromatic nitrogens is 1. The van der Waals surface area contributed by atoms with Gasteiger partial charge in [0, 0.05) is 23.8 Å². The van der Waals surface area contributed by atoms with Crippen LogP contribution in [-0.2, 0) is 13.1 Å². The molecule has 0 bridgehead atoms. The zero-order valence-corrected chi connectivity index (χ0v) is 15.9. The summed E-state index contributed by atoms with van der Waals surface area (Å²) in [5.74, 6) is 0. The maximum atomic E-state index is 6.02. The van der Waals surface area contributed by atoms with Gasteiger partial charge in [-0.05, 0) is 35.4 Å². The number of hydrogen-bond acceptors (Lipinski definition) is 3. The average Bonchev–Trinajstić information content (AvgIpc) is 3.00. The van der Waals surface area contributed by atoms with E-state index in [1.54, 1.807) is 11.3 Å². The van der Waals surface area contributed by atoms with Crippen molar-refractivity contribution in [3.05, 3.63) is 73.8 Å². The maximum Gasteiger partial charge on any atom is 0.107 e. The standard InChI is InChI=1S/C17H13BrCl2N2S/c18-13-3-1-2-12(7-13)16-9-22-17(23-16)10-21-8-11-4-5-14(19)15(20)6-11/h1-7,9,21H,8,10H2. The highest BCUT2D eigenvalue weighted by atomic mass is 79.9. The molecule has 0 aliphatic carbocycles. The zero-order valence-electron chi connectivity index (χ0n) is 12.0. The summed E-state index contributed by atoms with van der Waals surface area (Å²) < 4.78 is 1.07. The fourth-order valence-corrected chi connectivity index (χ4v) is 3.73. The highest BCUT2D eigenvalue weighted by Crippen LogP contribution is 2.28. The van der Waals surface area contributed by atoms with Gasteiger partial charge in [-0.15, -0.1) is 11.3 Å². The minimum absolute atomic E-state index is 0.578. The first kappa shape index (κ1) is 16.9. The van der Waals surface area contributed by atoms with Crippen LogP contribution in [0.3, 0.4) is 0 Å². The number of hydrogen-bond donors (Lipinski definition) is 1. The molecule has 6 heteroatoms. The van der Waals surface area contributed by atoms with Crippen LogP contribution in [0, 0.1) is 0 Å². The molecule has 0 unspecified atom stereocenters. The quantitative estimate of drug-likeness (QED) is 0.526. The van der Waals surface area contributed by atoms with Gasteiger partial charge in [0.25, 0.3) is 0 Å². The predicted molar refractivity (Wildman–Crippen MR) is 102 cm³/mol. The molecule has 3 aromatic rings. The molecule has 0 spiro atoms. The SMILES string of the molecule is Clc1ccc(CNCc2ncc(-c3cccc(Br)c3)s2)cc1Cl. The van der Waals surface area contributed by atoms with Crippen molar-refractivity contribution in [3.8, 4) is 10.4 Å². The van der Waals surface area contributed by atoms with Gasteiger partial charge in [0.1, 0.15) is 5.01 Å². The Kier molecular flexibility index (Phi) is 5.72. The molecule has 0 saturated carbocycles. The highest BCUT2D eigenvalue weighted by molar-refractivity contribution is 9.10. The molecule has 1 N–H and O–H groups in total. The molecule has 2 aromatic carbocycles. The van der Waals surface area contributed by atoms with Crippen molar-refractivity contribution in [3.63, 3.8) is 0 Å². The second-order valence-corrected chi connectivity index (χ2v) is 7.83. The Morgan fingerprint density at radius 1 is 1.04 bits per heavy atom. The Bertz CT molecular complexity index is 820. The summed E-state index contributed by atoms with van der Waals surface area (Å²) in [6, 6.07) is 13.9. The van der Waals surface area contributed by atoms with Gasteiger partial charge < -0.3 is 5.32 Å². The summed E-state index contributed by atoms with van der Waals surface area (Å²) in [5.41, 5.74) is 2.27. The lowest BCUT2D eigenvalue weighted by atomic mass is 10.2. The first-order valence-electron chi connectivity index (χ1n) is 6.97. The van der Waals surface area contributed by atoms with Gasteiger partial charge in [-0.1, -0.05) is 57.3 Å². The van der Waals surface area contributed by atoms with Gasteiger partial charge >= 0.3 is 0 Å². The monoisotopic (exact) mass is 426 g/mol. The number of halogens is 3. The largest absolute Gasteiger partial charge is 0.306 e. The van der Waals surface area contributed by atoms with E-state index in [-0.39, 0.29) is 0 Å². The highest BCUT2D eigenvalue weighted by Gasteiger charge is 2.05. The van der Waals surface area contributed by atoms with Crippen molar-refractivity contribution in [2.75, 3.05) is 0 Å². The Hall–Kier alpha value is -0.910. The fraction of sp³-hybridized carbons (Fsp3) is 0.118. The van der Waals surface area contributed by atoms with E-state index in [0.717, 1.165) is 33.0 Å². The van der Waals surface area contributed by atoms with Gasteiger partial charge in [0.2, 0.25) is 0 Å². The summed E-state index contributed by atoms with van der Waals surface area (Å²) >= 11 is 17.1. The van der Waals surface area contributed by atoms with E-state index in [0.29, 0.717) is 10.0 Å². The number of thiazole rings is 1. The second kappa shape index (κ2) is 7.77. The van der Waals surface area contributed by atoms with Crippen LogP contribution < -0.4 is 5.32 Å². The summed E-state index contributed by atoms with van der Waals surface area (Å²) in [7, 11) is 0. The molecular formula is C17H13BrCl2N2S. The van der Waals surface area contributed by atoms with E-state index >= 15 is 0 Å². The topological polar surface area (TPSA) is 24.9 Å². The molecule has 23 heavy (non-hydrogen) atoms. The Morgan fingerprint density at radius 3 is 2.70 bits per heavy atom. The van der Waals surface area contributed by atoms with Crippen LogP contribution in [-0.4, -0.2) is 4.98 Å². The van der Waals surface area contributed by atoms with Crippen LogP contribution in [0.2, 0.25) is 10.0 Å². The number of rotatable bonds is 5. The predicted octanol–water partition coefficient (Wildman–Crippen LogP) is 6.17. The second-order valence-electron chi connectivity index (χ2n) is 4.98. The van der Waals surface area contributed by atoms with Gasteiger partial charge in [-0.2, -0.15) is 0 Å². The lowest BCUT2D eigenvalue weighted by molar-refractivity contribution is 0.690. The number of nitrogens with one attached hydrogen (secondary N) is 1. The zero-order chi connectivity index (χ0) is 16.2. The van der Waals surface area contributed by atoms with Crippen LogP contribution in [0.15, 0.2) is 53.1 Å². The van der Waals surface area contributed by atoms with E-state index in [9.17, 15) is 0 Å². The van der Waals surface area contributed by atoms with Crippen molar-refractivity contribution in [2.24, 2.45) is 0 Å². The van der Waals surface area contributed by atoms with E-state index in [1.165, 1.54) is 5.56 Å². The normalized spacial score (nSPS) is 10.9. The summed E-state index contributed by atoms with van der Waals surface area (Å²) in [6.45, 7) is 1.45. The number of benzene rings is 2. The molecule has 0 amide bonds. The van der Waals surface area contributed by atoms with Crippen LogP contribution in [0.5, 0.6) is 0 Å². The lowest BCUT2D eigenvalue weighted by Crippen LogP contribution is -2.12. The Labute approximate surface area is 157 Å². The van der Waals surface area contributed by atoms with Crippen LogP contribution >= 0.6 is 50.5 Å². The van der Waals surface area contributed by atoms with Crippen molar-refractivity contribution < 1.29 is 0 Å². The van der Waals surface area contributed by atoms with Crippen molar-refractivity contribution >= 4 is 50.5 Å². The maximum absolute atomic E-state index is 6.02. The van der Waals surface area contributed by atoms with Crippen LogP contribution in [0.4, 0.5) is 0 Å². The first-order valence-corrected chi connectivity index (χ1v) is 9.33. The molecule has 0 saturated heterocycles. The molecule has 0 radical (unpaired) electrons. The molecule has 0 aliphatic rings. The average molecular weight is 428 g/mol. The summed E-state index contributed by atoms with van der Waals surface area (Å²) in [5, 5.41) is 5.59. The van der Waals surface area contributed by atoms with E-state index in [4.69, 9.17) is 23.2 Å². The van der Waals surface area contributed by atoms with Gasteiger partial charge in [-0.3, -0.25) is 0 Å². The smallest absolute Gasteiger partial charge is 0.107 e. The van der Waals surface area contributed by atoms with Gasteiger partial charge in [-0.25, -0.2) is 4.98 Å². The van der Waals surface area contributed by atoms with Crippen molar-refractivity contribution in [2.45, 2.75) is 13.1 Å². The minimum Gasteiger partial charge on any atom is -0.306 e. The first-order chi connectivity index (χ1) is 11.1. The Morgan fingerprint density at radius 2 is 1.91 bits per heavy atom. The van der Waals surface area contributed by atoms with Crippen LogP contribution in [0.25, 0.3) is 10.4 Å². The van der Waals surface area contributed by atoms with Gasteiger partial charge in [0.05, 0.1) is 14.9 Å². The third-order valence-electron chi connectivity index (χ3n) is 3.25. The molecule has 1 heterocycles. The lowest BCUT2D eigenvalue weighted by Gasteiger charge is -2.04. The molecule has 0 aliphatic heterocycles. The third-order valence-corrected chi connectivity index (χ3v) is 5.53. The molecular weight excluding hydrogens is 415 g/mol. The molecule has 3 rings (SSSR count). The van der Waals surface area contributed by atoms with Crippen molar-refractivity contribution in [1.29, 1.82) is 0 Å². The summed E-state index contributed by atoms with van der Waals surface area (Å²) in [6.07, 6.45) is 1.92. The van der Waals surface area contributed by atoms with E-state index < -0.39 is 0 Å². The minimum atomic E-state index is 0.578. The van der Waals surface area contributed by atoms with Crippen LogP contribution in [0.1, 0.15) is 10.6 Å². The third kappa shape index (κ3) is 4.55. The fourth-order valence-electron chi connectivity index (χ4n) is 2.13. The molecule has 0 fully saturated rings. The van der Waals surface area contributed by atoms with E-state index in [2.05, 4.69) is 38.4 Å².